The first-order valence-electron chi connectivity index (χ1n) is 7.45. The Morgan fingerprint density at radius 1 is 0.808 bits per heavy atom. The summed E-state index contributed by atoms with van der Waals surface area (Å²) in [6, 6.07) is 9.96. The van der Waals surface area contributed by atoms with Crippen molar-refractivity contribution >= 4 is 21.2 Å². The van der Waals surface area contributed by atoms with E-state index in [1.54, 1.807) is 0 Å². The Hall–Kier alpha value is -2.45. The first-order chi connectivity index (χ1) is 12.1. The van der Waals surface area contributed by atoms with Gasteiger partial charge in [-0.25, -0.2) is 17.9 Å². The Balaban J connectivity index is 1.96. The van der Waals surface area contributed by atoms with Crippen LogP contribution in [0.15, 0.2) is 65.6 Å². The minimum atomic E-state index is -4.45. The van der Waals surface area contributed by atoms with E-state index in [1.165, 1.54) is 48.6 Å². The molecule has 0 fully saturated rings. The molecule has 0 saturated heterocycles. The van der Waals surface area contributed by atoms with Gasteiger partial charge in [-0.15, -0.1) is 0 Å². The highest BCUT2D eigenvalue weighted by Gasteiger charge is 2.30. The fraction of sp³-hybridized carbons (Fsp3) is 0.111. The minimum absolute atomic E-state index is 0.0864. The van der Waals surface area contributed by atoms with Crippen molar-refractivity contribution in [3.63, 3.8) is 0 Å². The van der Waals surface area contributed by atoms with Crippen LogP contribution in [0.4, 0.5) is 17.6 Å². The summed E-state index contributed by atoms with van der Waals surface area (Å²) in [5.41, 5.74) is 1.08. The number of hydrogen-bond acceptors (Lipinski definition) is 2. The molecule has 3 nitrogen and oxygen atoms in total. The van der Waals surface area contributed by atoms with Crippen LogP contribution in [0, 0.1) is 0 Å². The smallest absolute Gasteiger partial charge is 0.238 e. The van der Waals surface area contributed by atoms with Crippen molar-refractivity contribution in [3.8, 4) is 0 Å². The third-order valence-corrected chi connectivity index (χ3v) is 4.89. The lowest BCUT2D eigenvalue weighted by atomic mass is 9.94. The third-order valence-electron chi connectivity index (χ3n) is 3.96. The maximum absolute atomic E-state index is 13.9. The molecule has 1 unspecified atom stereocenters. The van der Waals surface area contributed by atoms with E-state index in [4.69, 9.17) is 5.14 Å². The highest BCUT2D eigenvalue weighted by molar-refractivity contribution is 7.89. The number of sulfonamides is 1. The predicted molar refractivity (Wildman–Crippen MR) is 90.1 cm³/mol. The van der Waals surface area contributed by atoms with Crippen LogP contribution in [0.25, 0.3) is 11.1 Å². The number of alkyl halides is 4. The van der Waals surface area contributed by atoms with E-state index < -0.39 is 27.9 Å². The van der Waals surface area contributed by atoms with Gasteiger partial charge in [0.2, 0.25) is 10.0 Å². The van der Waals surface area contributed by atoms with Crippen molar-refractivity contribution in [2.45, 2.75) is 17.2 Å². The van der Waals surface area contributed by atoms with Crippen LogP contribution in [0.3, 0.4) is 0 Å². The molecule has 0 radical (unpaired) electrons. The van der Waals surface area contributed by atoms with Gasteiger partial charge in [0.15, 0.2) is 0 Å². The van der Waals surface area contributed by atoms with E-state index in [2.05, 4.69) is 0 Å². The Labute approximate surface area is 147 Å². The lowest BCUT2D eigenvalue weighted by Gasteiger charge is -2.12. The second-order valence-corrected chi connectivity index (χ2v) is 7.31. The summed E-state index contributed by atoms with van der Waals surface area (Å²) in [5.74, 6) is 0. The first kappa shape index (κ1) is 18.3. The number of rotatable bonds is 3. The second-order valence-electron chi connectivity index (χ2n) is 5.75. The molecule has 0 spiro atoms. The molecule has 0 heterocycles. The molecule has 3 rings (SSSR count). The van der Waals surface area contributed by atoms with Crippen LogP contribution in [0.5, 0.6) is 0 Å². The van der Waals surface area contributed by atoms with Crippen LogP contribution in [0.1, 0.15) is 16.7 Å². The average Bonchev–Trinajstić information content (AvgIpc) is 2.95. The molecule has 2 aromatic rings. The standard InChI is InChI=1S/C18H13F4NO2S/c19-14-9-16(11-1-5-13(6-2-11)18(20,21)22)17(10-14)12-3-7-15(8-4-12)26(23,24)25/h1-10,14H,(H2,23,24,25). The molecule has 0 saturated carbocycles. The van der Waals surface area contributed by atoms with Crippen molar-refractivity contribution in [2.75, 3.05) is 0 Å². The summed E-state index contributed by atoms with van der Waals surface area (Å²) in [6.07, 6.45) is -3.22. The zero-order valence-electron chi connectivity index (χ0n) is 13.2. The number of halogens is 4. The molecule has 26 heavy (non-hydrogen) atoms. The Morgan fingerprint density at radius 2 is 1.23 bits per heavy atom. The van der Waals surface area contributed by atoms with Gasteiger partial charge in [0, 0.05) is 0 Å². The van der Waals surface area contributed by atoms with E-state index in [0.29, 0.717) is 22.3 Å². The molecule has 0 bridgehead atoms. The lowest BCUT2D eigenvalue weighted by Crippen LogP contribution is -2.11. The van der Waals surface area contributed by atoms with Gasteiger partial charge in [-0.2, -0.15) is 13.2 Å². The Bertz CT molecular complexity index is 989. The first-order valence-corrected chi connectivity index (χ1v) is 8.99. The SMILES string of the molecule is NS(=O)(=O)c1ccc(C2=CC(F)C=C2c2ccc(C(F)(F)F)cc2)cc1. The number of primary sulfonamides is 1. The van der Waals surface area contributed by atoms with Gasteiger partial charge in [-0.05, 0) is 58.7 Å². The summed E-state index contributed by atoms with van der Waals surface area (Å²) in [5, 5.41) is 5.04. The van der Waals surface area contributed by atoms with Crippen LogP contribution in [-0.2, 0) is 16.2 Å². The van der Waals surface area contributed by atoms with Crippen molar-refractivity contribution in [1.82, 2.24) is 0 Å². The highest BCUT2D eigenvalue weighted by Crippen LogP contribution is 2.38. The molecule has 0 aromatic heterocycles. The topological polar surface area (TPSA) is 60.2 Å². The van der Waals surface area contributed by atoms with Gasteiger partial charge in [0.25, 0.3) is 0 Å². The van der Waals surface area contributed by atoms with E-state index >= 15 is 0 Å². The van der Waals surface area contributed by atoms with Crippen LogP contribution < -0.4 is 5.14 Å². The molecule has 0 amide bonds. The fourth-order valence-electron chi connectivity index (χ4n) is 2.71. The molecular formula is C18H13F4NO2S. The summed E-state index contributed by atoms with van der Waals surface area (Å²) in [4.78, 5) is -0.0864. The maximum atomic E-state index is 13.9. The highest BCUT2D eigenvalue weighted by atomic mass is 32.2. The van der Waals surface area contributed by atoms with Crippen molar-refractivity contribution in [3.05, 3.63) is 77.4 Å². The number of hydrogen-bond donors (Lipinski definition) is 1. The molecule has 2 N–H and O–H groups in total. The largest absolute Gasteiger partial charge is 0.416 e. The average molecular weight is 383 g/mol. The van der Waals surface area contributed by atoms with Crippen LogP contribution in [0.2, 0.25) is 0 Å². The van der Waals surface area contributed by atoms with E-state index in [1.807, 2.05) is 0 Å². The Morgan fingerprint density at radius 3 is 1.62 bits per heavy atom. The Kier molecular flexibility index (Phi) is 4.49. The van der Waals surface area contributed by atoms with Crippen molar-refractivity contribution < 1.29 is 26.0 Å². The molecule has 1 aliphatic carbocycles. The summed E-state index contributed by atoms with van der Waals surface area (Å²) < 4.78 is 74.6. The van der Waals surface area contributed by atoms with Crippen LogP contribution >= 0.6 is 0 Å². The van der Waals surface area contributed by atoms with Crippen molar-refractivity contribution in [1.29, 1.82) is 0 Å². The number of benzene rings is 2. The van der Waals surface area contributed by atoms with E-state index in [9.17, 15) is 26.0 Å². The fourth-order valence-corrected chi connectivity index (χ4v) is 3.23. The van der Waals surface area contributed by atoms with Gasteiger partial charge in [0.1, 0.15) is 6.17 Å². The summed E-state index contributed by atoms with van der Waals surface area (Å²) >= 11 is 0. The molecule has 0 aliphatic heterocycles. The third kappa shape index (κ3) is 3.71. The molecular weight excluding hydrogens is 370 g/mol. The zero-order chi connectivity index (χ0) is 19.1. The second kappa shape index (κ2) is 6.37. The van der Waals surface area contributed by atoms with Gasteiger partial charge in [-0.1, -0.05) is 24.3 Å². The van der Waals surface area contributed by atoms with Gasteiger partial charge < -0.3 is 0 Å². The quantitative estimate of drug-likeness (QED) is 0.809. The van der Waals surface area contributed by atoms with Crippen molar-refractivity contribution in [2.24, 2.45) is 5.14 Å². The molecule has 1 aliphatic rings. The normalized spacial score (nSPS) is 17.8. The minimum Gasteiger partial charge on any atom is -0.238 e. The van der Waals surface area contributed by atoms with E-state index in [-0.39, 0.29) is 4.90 Å². The van der Waals surface area contributed by atoms with Gasteiger partial charge >= 0.3 is 6.18 Å². The molecule has 2 aromatic carbocycles. The van der Waals surface area contributed by atoms with Gasteiger partial charge in [-0.3, -0.25) is 0 Å². The van der Waals surface area contributed by atoms with Gasteiger partial charge in [0.05, 0.1) is 10.5 Å². The maximum Gasteiger partial charge on any atom is 0.416 e. The predicted octanol–water partition coefficient (Wildman–Crippen LogP) is 4.17. The molecule has 1 atom stereocenters. The summed E-state index contributed by atoms with van der Waals surface area (Å²) in [7, 11) is -3.85. The lowest BCUT2D eigenvalue weighted by molar-refractivity contribution is -0.137. The van der Waals surface area contributed by atoms with Crippen LogP contribution in [-0.4, -0.2) is 14.6 Å². The molecule has 8 heteroatoms. The molecule has 136 valence electrons. The number of nitrogens with two attached hydrogens (primary N) is 1. The number of allylic oxidation sites excluding steroid dienone is 4. The zero-order valence-corrected chi connectivity index (χ0v) is 14.0. The summed E-state index contributed by atoms with van der Waals surface area (Å²) in [6.45, 7) is 0. The van der Waals surface area contributed by atoms with E-state index in [0.717, 1.165) is 12.1 Å². The monoisotopic (exact) mass is 383 g/mol.